The average molecular weight is 272 g/mol. The summed E-state index contributed by atoms with van der Waals surface area (Å²) in [6, 6.07) is 0.898. The van der Waals surface area contributed by atoms with Crippen LogP contribution in [0.15, 0.2) is 12.1 Å². The Kier molecular flexibility index (Phi) is 3.43. The summed E-state index contributed by atoms with van der Waals surface area (Å²) in [6.45, 7) is 0.273. The summed E-state index contributed by atoms with van der Waals surface area (Å²) in [5.74, 6) is -3.21. The summed E-state index contributed by atoms with van der Waals surface area (Å²) in [5, 5.41) is 19.7. The number of hydrogen-bond acceptors (Lipinski definition) is 4. The second kappa shape index (κ2) is 4.88. The molecule has 1 heterocycles. The number of carbonyl (C=O) groups excluding carboxylic acids is 1. The first-order valence-electron chi connectivity index (χ1n) is 5.51. The fourth-order valence-electron chi connectivity index (χ4n) is 1.94. The topological polar surface area (TPSA) is 83.7 Å². The van der Waals surface area contributed by atoms with Crippen molar-refractivity contribution < 1.29 is 23.6 Å². The molecule has 6 nitrogen and oxygen atoms in total. The third-order valence-corrected chi connectivity index (χ3v) is 2.91. The molecule has 8 heteroatoms. The van der Waals surface area contributed by atoms with Gasteiger partial charge >= 0.3 is 5.69 Å². The predicted octanol–water partition coefficient (Wildman–Crippen LogP) is 1.08. The Bertz CT molecular complexity index is 550. The van der Waals surface area contributed by atoms with Gasteiger partial charge < -0.3 is 10.0 Å². The van der Waals surface area contributed by atoms with E-state index in [1.807, 2.05) is 0 Å². The summed E-state index contributed by atoms with van der Waals surface area (Å²) in [7, 11) is 0. The molecule has 1 aromatic carbocycles. The second-order valence-electron chi connectivity index (χ2n) is 4.23. The van der Waals surface area contributed by atoms with Crippen LogP contribution in [0.25, 0.3) is 0 Å². The number of nitro benzene ring substituents is 1. The lowest BCUT2D eigenvalue weighted by Gasteiger charge is -2.15. The molecule has 102 valence electrons. The van der Waals surface area contributed by atoms with Crippen molar-refractivity contribution in [1.82, 2.24) is 4.90 Å². The SMILES string of the molecule is O=C(c1cc(F)c([N+](=O)[O-])cc1F)N1CC[C@@H](O)C1. The first-order chi connectivity index (χ1) is 8.90. The third-order valence-electron chi connectivity index (χ3n) is 2.91. The van der Waals surface area contributed by atoms with Crippen molar-refractivity contribution in [1.29, 1.82) is 0 Å². The Labute approximate surface area is 106 Å². The minimum absolute atomic E-state index is 0.0386. The Balaban J connectivity index is 2.33. The lowest BCUT2D eigenvalue weighted by molar-refractivity contribution is -0.387. The number of hydrogen-bond donors (Lipinski definition) is 1. The van der Waals surface area contributed by atoms with Crippen LogP contribution in [-0.4, -0.2) is 40.0 Å². The van der Waals surface area contributed by atoms with Crippen LogP contribution >= 0.6 is 0 Å². The maximum atomic E-state index is 13.6. The fourth-order valence-corrected chi connectivity index (χ4v) is 1.94. The molecular formula is C11H10F2N2O4. The number of β-amino-alcohol motifs (C(OH)–C–C–N with tert-alkyl or cyclic N) is 1. The van der Waals surface area contributed by atoms with Crippen molar-refractivity contribution in [3.63, 3.8) is 0 Å². The quantitative estimate of drug-likeness (QED) is 0.645. The number of halogens is 2. The summed E-state index contributed by atoms with van der Waals surface area (Å²) in [4.78, 5) is 22.4. The Hall–Kier alpha value is -2.09. The molecule has 0 saturated carbocycles. The Morgan fingerprint density at radius 3 is 2.63 bits per heavy atom. The highest BCUT2D eigenvalue weighted by Crippen LogP contribution is 2.23. The molecule has 1 aliphatic heterocycles. The zero-order valence-electron chi connectivity index (χ0n) is 9.68. The Morgan fingerprint density at radius 2 is 2.11 bits per heavy atom. The molecule has 1 fully saturated rings. The van der Waals surface area contributed by atoms with Gasteiger partial charge in [0.2, 0.25) is 5.82 Å². The third kappa shape index (κ3) is 2.53. The highest BCUT2D eigenvalue weighted by atomic mass is 19.1. The highest BCUT2D eigenvalue weighted by Gasteiger charge is 2.29. The molecule has 0 spiro atoms. The van der Waals surface area contributed by atoms with Crippen LogP contribution < -0.4 is 0 Å². The van der Waals surface area contributed by atoms with Gasteiger partial charge in [-0.2, -0.15) is 4.39 Å². The lowest BCUT2D eigenvalue weighted by atomic mass is 10.1. The number of rotatable bonds is 2. The van der Waals surface area contributed by atoms with Crippen molar-refractivity contribution >= 4 is 11.6 Å². The van der Waals surface area contributed by atoms with E-state index in [1.54, 1.807) is 0 Å². The fraction of sp³-hybridized carbons (Fsp3) is 0.364. The van der Waals surface area contributed by atoms with Crippen LogP contribution in [0.4, 0.5) is 14.5 Å². The molecule has 1 aromatic rings. The largest absolute Gasteiger partial charge is 0.391 e. The lowest BCUT2D eigenvalue weighted by Crippen LogP contribution is -2.30. The Morgan fingerprint density at radius 1 is 1.42 bits per heavy atom. The van der Waals surface area contributed by atoms with Crippen molar-refractivity contribution in [3.8, 4) is 0 Å². The van der Waals surface area contributed by atoms with E-state index >= 15 is 0 Å². The van der Waals surface area contributed by atoms with Gasteiger partial charge in [-0.1, -0.05) is 0 Å². The van der Waals surface area contributed by atoms with E-state index in [0.717, 1.165) is 0 Å². The van der Waals surface area contributed by atoms with E-state index in [0.29, 0.717) is 18.6 Å². The number of aliphatic hydroxyl groups excluding tert-OH is 1. The number of amides is 1. The van der Waals surface area contributed by atoms with Gasteiger partial charge in [0.1, 0.15) is 5.82 Å². The maximum absolute atomic E-state index is 13.6. The normalized spacial score (nSPS) is 18.7. The van der Waals surface area contributed by atoms with Gasteiger partial charge in [0.25, 0.3) is 5.91 Å². The first kappa shape index (κ1) is 13.3. The van der Waals surface area contributed by atoms with E-state index < -0.39 is 39.8 Å². The van der Waals surface area contributed by atoms with Crippen molar-refractivity contribution in [2.45, 2.75) is 12.5 Å². The number of aliphatic hydroxyl groups is 1. The molecular weight excluding hydrogens is 262 g/mol. The minimum atomic E-state index is -1.27. The van der Waals surface area contributed by atoms with Crippen LogP contribution in [0.5, 0.6) is 0 Å². The van der Waals surface area contributed by atoms with Gasteiger partial charge in [-0.25, -0.2) is 4.39 Å². The van der Waals surface area contributed by atoms with Gasteiger partial charge in [0.05, 0.1) is 22.7 Å². The van der Waals surface area contributed by atoms with Gasteiger partial charge in [-0.05, 0) is 12.5 Å². The molecule has 1 aliphatic rings. The smallest absolute Gasteiger partial charge is 0.307 e. The maximum Gasteiger partial charge on any atom is 0.307 e. The van der Waals surface area contributed by atoms with Crippen molar-refractivity contribution in [2.24, 2.45) is 0 Å². The summed E-state index contributed by atoms with van der Waals surface area (Å²) < 4.78 is 27.0. The monoisotopic (exact) mass is 272 g/mol. The van der Waals surface area contributed by atoms with E-state index in [-0.39, 0.29) is 13.1 Å². The van der Waals surface area contributed by atoms with E-state index in [4.69, 9.17) is 0 Å². The molecule has 0 radical (unpaired) electrons. The molecule has 1 amide bonds. The van der Waals surface area contributed by atoms with E-state index in [1.165, 1.54) is 4.90 Å². The van der Waals surface area contributed by atoms with Crippen LogP contribution in [0.1, 0.15) is 16.8 Å². The molecule has 0 unspecified atom stereocenters. The van der Waals surface area contributed by atoms with Crippen LogP contribution in [0.2, 0.25) is 0 Å². The molecule has 19 heavy (non-hydrogen) atoms. The van der Waals surface area contributed by atoms with Crippen molar-refractivity contribution in [3.05, 3.63) is 39.4 Å². The van der Waals surface area contributed by atoms with Crippen LogP contribution in [0.3, 0.4) is 0 Å². The minimum Gasteiger partial charge on any atom is -0.391 e. The molecule has 1 N–H and O–H groups in total. The predicted molar refractivity (Wildman–Crippen MR) is 59.5 cm³/mol. The van der Waals surface area contributed by atoms with Gasteiger partial charge in [-0.3, -0.25) is 14.9 Å². The molecule has 2 rings (SSSR count). The number of carbonyl (C=O) groups is 1. The van der Waals surface area contributed by atoms with Gasteiger partial charge in [0, 0.05) is 13.1 Å². The molecule has 0 aliphatic carbocycles. The number of benzene rings is 1. The molecule has 0 aromatic heterocycles. The number of likely N-dealkylation sites (tertiary alicyclic amines) is 1. The summed E-state index contributed by atoms with van der Waals surface area (Å²) in [6.07, 6.45) is -0.321. The zero-order valence-corrected chi connectivity index (χ0v) is 9.68. The highest BCUT2D eigenvalue weighted by molar-refractivity contribution is 5.95. The summed E-state index contributed by atoms with van der Waals surface area (Å²) in [5.41, 5.74) is -1.59. The zero-order chi connectivity index (χ0) is 14.2. The molecule has 1 atom stereocenters. The number of nitrogens with zero attached hydrogens (tertiary/aromatic N) is 2. The molecule has 0 bridgehead atoms. The van der Waals surface area contributed by atoms with Crippen LogP contribution in [-0.2, 0) is 0 Å². The van der Waals surface area contributed by atoms with E-state index in [2.05, 4.69) is 0 Å². The average Bonchev–Trinajstić information content (AvgIpc) is 2.77. The number of nitro groups is 1. The van der Waals surface area contributed by atoms with Gasteiger partial charge in [-0.15, -0.1) is 0 Å². The molecule has 1 saturated heterocycles. The first-order valence-corrected chi connectivity index (χ1v) is 5.51. The van der Waals surface area contributed by atoms with Crippen molar-refractivity contribution in [2.75, 3.05) is 13.1 Å². The van der Waals surface area contributed by atoms with E-state index in [9.17, 15) is 28.8 Å². The summed E-state index contributed by atoms with van der Waals surface area (Å²) >= 11 is 0. The standard InChI is InChI=1S/C11H10F2N2O4/c12-8-4-10(15(18)19)9(13)3-7(8)11(17)14-2-1-6(16)5-14/h3-4,6,16H,1-2,5H2/t6-/m1/s1. The second-order valence-corrected chi connectivity index (χ2v) is 4.23. The van der Waals surface area contributed by atoms with Crippen LogP contribution in [0, 0.1) is 21.7 Å². The van der Waals surface area contributed by atoms with Gasteiger partial charge in [0.15, 0.2) is 0 Å².